The number of carbonyl (C=O) groups is 1. The van der Waals surface area contributed by atoms with Crippen molar-refractivity contribution in [3.8, 4) is 0 Å². The highest BCUT2D eigenvalue weighted by Crippen LogP contribution is 2.20. The van der Waals surface area contributed by atoms with Crippen LogP contribution in [-0.2, 0) is 6.54 Å². The molecule has 0 saturated carbocycles. The topological polar surface area (TPSA) is 37.3 Å². The molecule has 1 aliphatic rings. The lowest BCUT2D eigenvalue weighted by atomic mass is 10.1. The summed E-state index contributed by atoms with van der Waals surface area (Å²) >= 11 is 0. The Balaban J connectivity index is 0.00000208. The molecule has 1 N–H and O–H groups in total. The molecular formula is C19H26ClN3O. The number of hydrogen-bond acceptors (Lipinski definition) is 2. The predicted molar refractivity (Wildman–Crippen MR) is 100 cm³/mol. The number of benzene rings is 1. The van der Waals surface area contributed by atoms with Crippen LogP contribution in [0.3, 0.4) is 0 Å². The van der Waals surface area contributed by atoms with E-state index in [1.165, 1.54) is 5.56 Å². The predicted octanol–water partition coefficient (Wildman–Crippen LogP) is 3.01. The standard InChI is InChI=1S/C19H25N3O.ClH/c1-14-11-18(19(23)21-10-9-20-12-15(21)2)16(3)22(14)13-17-7-5-4-6-8-17;/h4-8,11,15,20H,9-10,12-13H2,1-3H3;1H. The van der Waals surface area contributed by atoms with Crippen molar-refractivity contribution in [1.29, 1.82) is 0 Å². The van der Waals surface area contributed by atoms with Gasteiger partial charge in [-0.25, -0.2) is 0 Å². The van der Waals surface area contributed by atoms with Crippen LogP contribution in [0.25, 0.3) is 0 Å². The highest BCUT2D eigenvalue weighted by Gasteiger charge is 2.26. The number of rotatable bonds is 3. The summed E-state index contributed by atoms with van der Waals surface area (Å²) in [7, 11) is 0. The van der Waals surface area contributed by atoms with Crippen molar-refractivity contribution in [1.82, 2.24) is 14.8 Å². The molecule has 0 bridgehead atoms. The minimum absolute atomic E-state index is 0. The number of carbonyl (C=O) groups excluding carboxylic acids is 1. The summed E-state index contributed by atoms with van der Waals surface area (Å²) in [4.78, 5) is 14.9. The van der Waals surface area contributed by atoms with Crippen LogP contribution in [-0.4, -0.2) is 41.1 Å². The number of aromatic nitrogens is 1. The van der Waals surface area contributed by atoms with Crippen LogP contribution < -0.4 is 5.32 Å². The molecule has 1 amide bonds. The Morgan fingerprint density at radius 3 is 2.62 bits per heavy atom. The van der Waals surface area contributed by atoms with E-state index in [2.05, 4.69) is 54.9 Å². The SMILES string of the molecule is Cc1cc(C(=O)N2CCNCC2C)c(C)n1Cc1ccccc1.Cl. The molecule has 2 aromatic rings. The molecule has 1 unspecified atom stereocenters. The Morgan fingerprint density at radius 1 is 1.25 bits per heavy atom. The van der Waals surface area contributed by atoms with Crippen LogP contribution in [0.1, 0.15) is 34.2 Å². The van der Waals surface area contributed by atoms with Crippen molar-refractivity contribution in [3.05, 3.63) is 58.9 Å². The molecule has 0 radical (unpaired) electrons. The van der Waals surface area contributed by atoms with Gasteiger partial charge in [-0.1, -0.05) is 30.3 Å². The molecule has 3 rings (SSSR count). The first kappa shape index (κ1) is 18.6. The zero-order valence-electron chi connectivity index (χ0n) is 14.6. The summed E-state index contributed by atoms with van der Waals surface area (Å²) in [6.07, 6.45) is 0. The minimum atomic E-state index is 0. The largest absolute Gasteiger partial charge is 0.344 e. The van der Waals surface area contributed by atoms with Crippen LogP contribution in [0.2, 0.25) is 0 Å². The number of halogens is 1. The number of nitrogens with one attached hydrogen (secondary N) is 1. The Labute approximate surface area is 150 Å². The first-order valence-corrected chi connectivity index (χ1v) is 8.30. The molecule has 0 aliphatic carbocycles. The molecule has 2 heterocycles. The number of nitrogens with zero attached hydrogens (tertiary/aromatic N) is 2. The van der Waals surface area contributed by atoms with Gasteiger partial charge in [0.2, 0.25) is 0 Å². The second-order valence-electron chi connectivity index (χ2n) is 6.41. The van der Waals surface area contributed by atoms with Crippen molar-refractivity contribution in [2.75, 3.05) is 19.6 Å². The Bertz CT molecular complexity index is 696. The van der Waals surface area contributed by atoms with E-state index in [1.54, 1.807) is 0 Å². The molecule has 130 valence electrons. The van der Waals surface area contributed by atoms with Crippen molar-refractivity contribution < 1.29 is 4.79 Å². The number of amides is 1. The fourth-order valence-electron chi connectivity index (χ4n) is 3.32. The molecule has 4 nitrogen and oxygen atoms in total. The van der Waals surface area contributed by atoms with Crippen LogP contribution >= 0.6 is 12.4 Å². The molecule has 1 aromatic carbocycles. The van der Waals surface area contributed by atoms with Gasteiger partial charge in [0.1, 0.15) is 0 Å². The number of piperazine rings is 1. The van der Waals surface area contributed by atoms with Crippen molar-refractivity contribution in [3.63, 3.8) is 0 Å². The maximum atomic E-state index is 12.9. The van der Waals surface area contributed by atoms with Crippen molar-refractivity contribution >= 4 is 18.3 Å². The first-order valence-electron chi connectivity index (χ1n) is 8.30. The fourth-order valence-corrected chi connectivity index (χ4v) is 3.32. The quantitative estimate of drug-likeness (QED) is 0.926. The first-order chi connectivity index (χ1) is 11.1. The smallest absolute Gasteiger partial charge is 0.256 e. The van der Waals surface area contributed by atoms with Gasteiger partial charge in [0.25, 0.3) is 5.91 Å². The van der Waals surface area contributed by atoms with Gasteiger partial charge in [-0.15, -0.1) is 12.4 Å². The van der Waals surface area contributed by atoms with E-state index in [9.17, 15) is 4.79 Å². The molecule has 1 saturated heterocycles. The highest BCUT2D eigenvalue weighted by atomic mass is 35.5. The van der Waals surface area contributed by atoms with Gasteiger partial charge in [-0.3, -0.25) is 4.79 Å². The average molecular weight is 348 g/mol. The molecule has 24 heavy (non-hydrogen) atoms. The van der Waals surface area contributed by atoms with E-state index < -0.39 is 0 Å². The normalized spacial score (nSPS) is 17.5. The lowest BCUT2D eigenvalue weighted by Gasteiger charge is -2.34. The Kier molecular flexibility index (Phi) is 6.08. The summed E-state index contributed by atoms with van der Waals surface area (Å²) in [5, 5.41) is 3.34. The van der Waals surface area contributed by atoms with Gasteiger partial charge in [0.05, 0.1) is 5.56 Å². The molecule has 1 atom stereocenters. The van der Waals surface area contributed by atoms with E-state index >= 15 is 0 Å². The third-order valence-corrected chi connectivity index (χ3v) is 4.75. The van der Waals surface area contributed by atoms with Gasteiger partial charge in [0.15, 0.2) is 0 Å². The summed E-state index contributed by atoms with van der Waals surface area (Å²) in [5.41, 5.74) is 4.29. The summed E-state index contributed by atoms with van der Waals surface area (Å²) in [6.45, 7) is 9.57. The zero-order valence-corrected chi connectivity index (χ0v) is 15.4. The monoisotopic (exact) mass is 347 g/mol. The Hall–Kier alpha value is -1.78. The minimum Gasteiger partial charge on any atom is -0.344 e. The van der Waals surface area contributed by atoms with Gasteiger partial charge < -0.3 is 14.8 Å². The van der Waals surface area contributed by atoms with Gasteiger partial charge in [0, 0.05) is 43.6 Å². The van der Waals surface area contributed by atoms with Crippen LogP contribution in [0.15, 0.2) is 36.4 Å². The molecule has 0 spiro atoms. The zero-order chi connectivity index (χ0) is 16.4. The van der Waals surface area contributed by atoms with E-state index in [4.69, 9.17) is 0 Å². The van der Waals surface area contributed by atoms with Crippen LogP contribution in [0, 0.1) is 13.8 Å². The Morgan fingerprint density at radius 2 is 1.96 bits per heavy atom. The van der Waals surface area contributed by atoms with E-state index in [0.717, 1.165) is 43.1 Å². The summed E-state index contributed by atoms with van der Waals surface area (Å²) in [5.74, 6) is 0.159. The van der Waals surface area contributed by atoms with Gasteiger partial charge >= 0.3 is 0 Å². The van der Waals surface area contributed by atoms with Gasteiger partial charge in [-0.05, 0) is 32.4 Å². The van der Waals surface area contributed by atoms with Crippen LogP contribution in [0.5, 0.6) is 0 Å². The lowest BCUT2D eigenvalue weighted by Crippen LogP contribution is -2.52. The molecular weight excluding hydrogens is 322 g/mol. The molecule has 1 aliphatic heterocycles. The van der Waals surface area contributed by atoms with Crippen molar-refractivity contribution in [2.24, 2.45) is 0 Å². The maximum Gasteiger partial charge on any atom is 0.256 e. The summed E-state index contributed by atoms with van der Waals surface area (Å²) in [6, 6.07) is 12.7. The third-order valence-electron chi connectivity index (χ3n) is 4.75. The third kappa shape index (κ3) is 3.65. The molecule has 5 heteroatoms. The number of hydrogen-bond donors (Lipinski definition) is 1. The second-order valence-corrected chi connectivity index (χ2v) is 6.41. The molecule has 1 aromatic heterocycles. The van der Waals surface area contributed by atoms with E-state index in [-0.39, 0.29) is 24.4 Å². The second kappa shape index (κ2) is 7.86. The van der Waals surface area contributed by atoms with E-state index in [0.29, 0.717) is 0 Å². The van der Waals surface area contributed by atoms with Crippen LogP contribution in [0.4, 0.5) is 0 Å². The average Bonchev–Trinajstić information content (AvgIpc) is 2.84. The van der Waals surface area contributed by atoms with Crippen molar-refractivity contribution in [2.45, 2.75) is 33.4 Å². The van der Waals surface area contributed by atoms with E-state index in [1.807, 2.05) is 17.0 Å². The fraction of sp³-hybridized carbons (Fsp3) is 0.421. The highest BCUT2D eigenvalue weighted by molar-refractivity contribution is 5.96. The maximum absolute atomic E-state index is 12.9. The summed E-state index contributed by atoms with van der Waals surface area (Å²) < 4.78 is 2.23. The van der Waals surface area contributed by atoms with Gasteiger partial charge in [-0.2, -0.15) is 0 Å². The molecule has 1 fully saturated rings. The lowest BCUT2D eigenvalue weighted by molar-refractivity contribution is 0.0655. The number of aryl methyl sites for hydroxylation is 1.